The molecule has 2 aromatic rings. The molecule has 0 spiro atoms. The van der Waals surface area contributed by atoms with Gasteiger partial charge in [0.2, 0.25) is 5.91 Å². The molecule has 1 fully saturated rings. The highest BCUT2D eigenvalue weighted by molar-refractivity contribution is 6.04. The first-order valence-electron chi connectivity index (χ1n) is 7.60. The summed E-state index contributed by atoms with van der Waals surface area (Å²) in [4.78, 5) is 30.3. The number of morpholine rings is 1. The third kappa shape index (κ3) is 3.32. The van der Waals surface area contributed by atoms with Crippen LogP contribution in [0.3, 0.4) is 0 Å². The highest BCUT2D eigenvalue weighted by Gasteiger charge is 2.19. The second-order valence-electron chi connectivity index (χ2n) is 5.63. The van der Waals surface area contributed by atoms with Crippen LogP contribution in [-0.4, -0.2) is 48.0 Å². The van der Waals surface area contributed by atoms with Crippen molar-refractivity contribution in [3.8, 4) is 0 Å². The lowest BCUT2D eigenvalue weighted by molar-refractivity contribution is -0.114. The van der Waals surface area contributed by atoms with E-state index in [2.05, 4.69) is 10.3 Å². The summed E-state index contributed by atoms with van der Waals surface area (Å²) in [6, 6.07) is 7.21. The molecule has 3 rings (SSSR count). The van der Waals surface area contributed by atoms with E-state index in [9.17, 15) is 9.59 Å². The van der Waals surface area contributed by atoms with Gasteiger partial charge in [-0.05, 0) is 31.2 Å². The molecule has 120 valence electrons. The summed E-state index contributed by atoms with van der Waals surface area (Å²) in [6.07, 6.45) is 0. The topological polar surface area (TPSA) is 71.5 Å². The number of aryl methyl sites for hydroxylation is 1. The number of anilines is 1. The van der Waals surface area contributed by atoms with Crippen molar-refractivity contribution in [3.05, 3.63) is 35.5 Å². The van der Waals surface area contributed by atoms with E-state index in [1.165, 1.54) is 6.92 Å². The summed E-state index contributed by atoms with van der Waals surface area (Å²) in [6.45, 7) is 5.67. The Kier molecular flexibility index (Phi) is 4.25. The molecule has 1 aromatic carbocycles. The highest BCUT2D eigenvalue weighted by Crippen LogP contribution is 2.25. The van der Waals surface area contributed by atoms with Gasteiger partial charge in [0.1, 0.15) is 0 Å². The van der Waals surface area contributed by atoms with Gasteiger partial charge in [-0.2, -0.15) is 0 Å². The lowest BCUT2D eigenvalue weighted by Gasteiger charge is -2.27. The number of hydrogen-bond donors (Lipinski definition) is 1. The Morgan fingerprint density at radius 3 is 2.65 bits per heavy atom. The van der Waals surface area contributed by atoms with E-state index < -0.39 is 0 Å². The molecule has 0 unspecified atom stereocenters. The molecular formula is C17H19N3O3. The SMILES string of the molecule is CC(=O)Nc1cc(C)nc2ccc(C(=O)N3CCOCC3)cc12. The van der Waals surface area contributed by atoms with Crippen LogP contribution in [0.5, 0.6) is 0 Å². The molecule has 6 nitrogen and oxygen atoms in total. The number of amides is 2. The lowest BCUT2D eigenvalue weighted by Crippen LogP contribution is -2.40. The van der Waals surface area contributed by atoms with Gasteiger partial charge >= 0.3 is 0 Å². The van der Waals surface area contributed by atoms with Crippen molar-refractivity contribution in [2.75, 3.05) is 31.6 Å². The molecule has 0 aliphatic carbocycles. The normalized spacial score (nSPS) is 14.8. The molecule has 1 aliphatic rings. The second-order valence-corrected chi connectivity index (χ2v) is 5.63. The van der Waals surface area contributed by atoms with Crippen molar-refractivity contribution in [2.24, 2.45) is 0 Å². The van der Waals surface area contributed by atoms with Crippen LogP contribution in [0, 0.1) is 6.92 Å². The van der Waals surface area contributed by atoms with Crippen molar-refractivity contribution in [3.63, 3.8) is 0 Å². The number of carbonyl (C=O) groups is 2. The van der Waals surface area contributed by atoms with E-state index in [4.69, 9.17) is 4.74 Å². The number of pyridine rings is 1. The minimum atomic E-state index is -0.151. The van der Waals surface area contributed by atoms with E-state index in [1.807, 2.05) is 19.1 Å². The lowest BCUT2D eigenvalue weighted by atomic mass is 10.1. The molecule has 1 aromatic heterocycles. The molecular weight excluding hydrogens is 294 g/mol. The predicted octanol–water partition coefficient (Wildman–Crippen LogP) is 1.97. The quantitative estimate of drug-likeness (QED) is 0.920. The summed E-state index contributed by atoms with van der Waals surface area (Å²) >= 11 is 0. The number of nitrogens with one attached hydrogen (secondary N) is 1. The van der Waals surface area contributed by atoms with Crippen molar-refractivity contribution in [1.82, 2.24) is 9.88 Å². The highest BCUT2D eigenvalue weighted by atomic mass is 16.5. The van der Waals surface area contributed by atoms with Crippen LogP contribution in [0.15, 0.2) is 24.3 Å². The average molecular weight is 313 g/mol. The maximum absolute atomic E-state index is 12.6. The summed E-state index contributed by atoms with van der Waals surface area (Å²) in [5, 5.41) is 3.58. The molecule has 0 bridgehead atoms. The minimum absolute atomic E-state index is 0.0236. The largest absolute Gasteiger partial charge is 0.378 e. The van der Waals surface area contributed by atoms with Gasteiger partial charge < -0.3 is 15.0 Å². The molecule has 0 saturated carbocycles. The first-order valence-corrected chi connectivity index (χ1v) is 7.60. The fourth-order valence-electron chi connectivity index (χ4n) is 2.73. The molecule has 23 heavy (non-hydrogen) atoms. The zero-order chi connectivity index (χ0) is 16.4. The number of rotatable bonds is 2. The first kappa shape index (κ1) is 15.4. The number of benzene rings is 1. The van der Waals surface area contributed by atoms with E-state index in [1.54, 1.807) is 17.0 Å². The van der Waals surface area contributed by atoms with Gasteiger partial charge in [0.15, 0.2) is 0 Å². The third-order valence-electron chi connectivity index (χ3n) is 3.79. The number of hydrogen-bond acceptors (Lipinski definition) is 4. The summed E-state index contributed by atoms with van der Waals surface area (Å²) < 4.78 is 5.28. The fourth-order valence-corrected chi connectivity index (χ4v) is 2.73. The average Bonchev–Trinajstić information content (AvgIpc) is 2.54. The van der Waals surface area contributed by atoms with Crippen LogP contribution >= 0.6 is 0 Å². The van der Waals surface area contributed by atoms with Crippen LogP contribution in [0.25, 0.3) is 10.9 Å². The van der Waals surface area contributed by atoms with Gasteiger partial charge in [-0.3, -0.25) is 14.6 Å². The van der Waals surface area contributed by atoms with Gasteiger partial charge in [0.05, 0.1) is 24.4 Å². The van der Waals surface area contributed by atoms with Crippen LogP contribution in [0.1, 0.15) is 23.0 Å². The Balaban J connectivity index is 2.01. The molecule has 1 saturated heterocycles. The third-order valence-corrected chi connectivity index (χ3v) is 3.79. The van der Waals surface area contributed by atoms with Crippen LogP contribution in [-0.2, 0) is 9.53 Å². The Hall–Kier alpha value is -2.47. The molecule has 6 heteroatoms. The van der Waals surface area contributed by atoms with Gasteiger partial charge in [0, 0.05) is 36.7 Å². The zero-order valence-corrected chi connectivity index (χ0v) is 13.3. The number of ether oxygens (including phenoxy) is 1. The van der Waals surface area contributed by atoms with Crippen LogP contribution < -0.4 is 5.32 Å². The van der Waals surface area contributed by atoms with E-state index in [0.29, 0.717) is 37.6 Å². The van der Waals surface area contributed by atoms with Gasteiger partial charge in [0.25, 0.3) is 5.91 Å². The number of aromatic nitrogens is 1. The first-order chi connectivity index (χ1) is 11.0. The smallest absolute Gasteiger partial charge is 0.254 e. The summed E-state index contributed by atoms with van der Waals surface area (Å²) in [7, 11) is 0. The Morgan fingerprint density at radius 1 is 1.22 bits per heavy atom. The minimum Gasteiger partial charge on any atom is -0.378 e. The monoisotopic (exact) mass is 313 g/mol. The number of nitrogens with zero attached hydrogens (tertiary/aromatic N) is 2. The van der Waals surface area contributed by atoms with E-state index >= 15 is 0 Å². The number of fused-ring (bicyclic) bond motifs is 1. The Bertz CT molecular complexity index is 767. The summed E-state index contributed by atoms with van der Waals surface area (Å²) in [5.41, 5.74) is 2.84. The van der Waals surface area contributed by atoms with Crippen LogP contribution in [0.4, 0.5) is 5.69 Å². The second kappa shape index (κ2) is 6.34. The van der Waals surface area contributed by atoms with E-state index in [-0.39, 0.29) is 11.8 Å². The van der Waals surface area contributed by atoms with Crippen molar-refractivity contribution >= 4 is 28.4 Å². The fraction of sp³-hybridized carbons (Fsp3) is 0.353. The molecule has 1 N–H and O–H groups in total. The zero-order valence-electron chi connectivity index (χ0n) is 13.3. The van der Waals surface area contributed by atoms with Crippen molar-refractivity contribution in [2.45, 2.75) is 13.8 Å². The standard InChI is InChI=1S/C17H19N3O3/c1-11-9-16(19-12(2)21)14-10-13(3-4-15(14)18-11)17(22)20-5-7-23-8-6-20/h3-4,9-10H,5-8H2,1-2H3,(H,18,19,21). The molecule has 0 radical (unpaired) electrons. The predicted molar refractivity (Wildman–Crippen MR) is 87.5 cm³/mol. The molecule has 1 aliphatic heterocycles. The van der Waals surface area contributed by atoms with Gasteiger partial charge in [-0.25, -0.2) is 0 Å². The molecule has 2 amide bonds. The maximum atomic E-state index is 12.6. The van der Waals surface area contributed by atoms with Crippen LogP contribution in [0.2, 0.25) is 0 Å². The number of carbonyl (C=O) groups excluding carboxylic acids is 2. The Morgan fingerprint density at radius 2 is 1.96 bits per heavy atom. The van der Waals surface area contributed by atoms with Gasteiger partial charge in [-0.15, -0.1) is 0 Å². The van der Waals surface area contributed by atoms with Crippen molar-refractivity contribution < 1.29 is 14.3 Å². The van der Waals surface area contributed by atoms with E-state index in [0.717, 1.165) is 16.6 Å². The Labute approximate surface area is 134 Å². The molecule has 0 atom stereocenters. The van der Waals surface area contributed by atoms with Crippen molar-refractivity contribution in [1.29, 1.82) is 0 Å². The maximum Gasteiger partial charge on any atom is 0.254 e. The summed E-state index contributed by atoms with van der Waals surface area (Å²) in [5.74, 6) is -0.175. The van der Waals surface area contributed by atoms with Gasteiger partial charge in [-0.1, -0.05) is 0 Å². The molecule has 2 heterocycles.